The molecule has 1 saturated carbocycles. The number of nitrogens with zero attached hydrogens (tertiary/aromatic N) is 2. The molecule has 0 radical (unpaired) electrons. The molecule has 1 aromatic carbocycles. The summed E-state index contributed by atoms with van der Waals surface area (Å²) in [5, 5.41) is 0. The zero-order chi connectivity index (χ0) is 15.4. The minimum Gasteiger partial charge on any atom is -0.271 e. The molecule has 4 rings (SSSR count). The number of hydrogen-bond donors (Lipinski definition) is 0. The first kappa shape index (κ1) is 14.4. The van der Waals surface area contributed by atoms with E-state index in [1.54, 1.807) is 24.5 Å². The Kier molecular flexibility index (Phi) is 4.28. The minimum absolute atomic E-state index is 0.104. The average molecular weight is 294 g/mol. The van der Waals surface area contributed by atoms with Crippen molar-refractivity contribution < 1.29 is 9.59 Å². The van der Waals surface area contributed by atoms with Gasteiger partial charge in [-0.3, -0.25) is 19.5 Å². The number of pyridine rings is 1. The summed E-state index contributed by atoms with van der Waals surface area (Å²) < 4.78 is 0. The lowest BCUT2D eigenvalue weighted by atomic mass is 10.1. The first-order valence-corrected chi connectivity index (χ1v) is 7.61. The van der Waals surface area contributed by atoms with E-state index in [-0.39, 0.29) is 17.9 Å². The molecule has 2 aromatic rings. The molecule has 0 saturated heterocycles. The van der Waals surface area contributed by atoms with Crippen molar-refractivity contribution in [3.05, 3.63) is 66.0 Å². The summed E-state index contributed by atoms with van der Waals surface area (Å²) in [5.41, 5.74) is 1.14. The topological polar surface area (TPSA) is 50.3 Å². The van der Waals surface area contributed by atoms with Gasteiger partial charge in [0, 0.05) is 18.4 Å². The number of benzene rings is 1. The van der Waals surface area contributed by atoms with Gasteiger partial charge < -0.3 is 0 Å². The second-order valence-corrected chi connectivity index (χ2v) is 5.49. The number of amides is 2. The van der Waals surface area contributed by atoms with Crippen LogP contribution in [0.3, 0.4) is 0 Å². The van der Waals surface area contributed by atoms with Gasteiger partial charge in [0.15, 0.2) is 0 Å². The van der Waals surface area contributed by atoms with E-state index in [1.165, 1.54) is 4.90 Å². The largest absolute Gasteiger partial charge is 0.271 e. The van der Waals surface area contributed by atoms with Crippen LogP contribution < -0.4 is 0 Å². The van der Waals surface area contributed by atoms with Gasteiger partial charge in [0.2, 0.25) is 0 Å². The van der Waals surface area contributed by atoms with Gasteiger partial charge in [-0.1, -0.05) is 31.0 Å². The van der Waals surface area contributed by atoms with Gasteiger partial charge in [-0.2, -0.15) is 0 Å². The minimum atomic E-state index is -0.104. The van der Waals surface area contributed by atoms with Crippen LogP contribution in [0.1, 0.15) is 46.4 Å². The number of carbonyl (C=O) groups excluding carboxylic acids is 2. The van der Waals surface area contributed by atoms with Crippen molar-refractivity contribution in [2.75, 3.05) is 0 Å². The molecule has 4 heteroatoms. The molecule has 112 valence electrons. The van der Waals surface area contributed by atoms with E-state index >= 15 is 0 Å². The molecule has 1 aromatic heterocycles. The van der Waals surface area contributed by atoms with Crippen LogP contribution >= 0.6 is 0 Å². The van der Waals surface area contributed by atoms with Crippen molar-refractivity contribution in [3.63, 3.8) is 0 Å². The van der Waals surface area contributed by atoms with Crippen LogP contribution in [0, 0.1) is 0 Å². The molecule has 1 aliphatic carbocycles. The van der Waals surface area contributed by atoms with Gasteiger partial charge in [0.1, 0.15) is 0 Å². The smallest absolute Gasteiger partial charge is 0.261 e. The van der Waals surface area contributed by atoms with Crippen LogP contribution in [0.15, 0.2) is 54.9 Å². The predicted octanol–water partition coefficient (Wildman–Crippen LogP) is 3.31. The lowest BCUT2D eigenvalue weighted by molar-refractivity contribution is 0.0588. The Labute approximate surface area is 129 Å². The van der Waals surface area contributed by atoms with Crippen molar-refractivity contribution in [2.24, 2.45) is 0 Å². The highest BCUT2D eigenvalue weighted by atomic mass is 16.2. The molecular weight excluding hydrogens is 276 g/mol. The fourth-order valence-electron chi connectivity index (χ4n) is 3.01. The zero-order valence-electron chi connectivity index (χ0n) is 12.3. The zero-order valence-corrected chi connectivity index (χ0v) is 12.3. The molecule has 0 spiro atoms. The first-order valence-electron chi connectivity index (χ1n) is 7.61. The number of carbonyl (C=O) groups is 2. The Morgan fingerprint density at radius 1 is 0.818 bits per heavy atom. The molecule has 0 bridgehead atoms. The van der Waals surface area contributed by atoms with E-state index in [0.717, 1.165) is 25.7 Å². The third kappa shape index (κ3) is 2.77. The highest BCUT2D eigenvalue weighted by Crippen LogP contribution is 2.31. The van der Waals surface area contributed by atoms with Crippen LogP contribution in [0.25, 0.3) is 0 Å². The van der Waals surface area contributed by atoms with Crippen molar-refractivity contribution in [1.82, 2.24) is 9.88 Å². The van der Waals surface area contributed by atoms with Gasteiger partial charge in [-0.15, -0.1) is 0 Å². The second-order valence-electron chi connectivity index (χ2n) is 5.49. The highest BCUT2D eigenvalue weighted by Gasteiger charge is 2.40. The van der Waals surface area contributed by atoms with Gasteiger partial charge in [0.25, 0.3) is 11.8 Å². The Hall–Kier alpha value is -2.49. The van der Waals surface area contributed by atoms with Crippen LogP contribution in [0.4, 0.5) is 0 Å². The van der Waals surface area contributed by atoms with Crippen LogP contribution in [0.2, 0.25) is 0 Å². The normalized spacial score (nSPS) is 17.2. The van der Waals surface area contributed by atoms with Crippen molar-refractivity contribution >= 4 is 11.8 Å². The summed E-state index contributed by atoms with van der Waals surface area (Å²) >= 11 is 0. The van der Waals surface area contributed by atoms with Crippen LogP contribution in [0.5, 0.6) is 0 Å². The summed E-state index contributed by atoms with van der Waals surface area (Å²) in [6, 6.07) is 12.9. The molecule has 0 N–H and O–H groups in total. The number of imide groups is 1. The Morgan fingerprint density at radius 2 is 1.36 bits per heavy atom. The summed E-state index contributed by atoms with van der Waals surface area (Å²) in [7, 11) is 0. The number of hydrogen-bond acceptors (Lipinski definition) is 3. The maximum atomic E-state index is 12.1. The molecule has 1 fully saturated rings. The third-order valence-corrected chi connectivity index (χ3v) is 4.08. The van der Waals surface area contributed by atoms with E-state index in [4.69, 9.17) is 0 Å². The lowest BCUT2D eigenvalue weighted by Crippen LogP contribution is -2.38. The van der Waals surface area contributed by atoms with Crippen molar-refractivity contribution in [3.8, 4) is 0 Å². The molecule has 22 heavy (non-hydrogen) atoms. The summed E-state index contributed by atoms with van der Waals surface area (Å²) in [5.74, 6) is -0.208. The fourth-order valence-corrected chi connectivity index (χ4v) is 3.01. The molecule has 1 aliphatic heterocycles. The Morgan fingerprint density at radius 3 is 1.77 bits per heavy atom. The van der Waals surface area contributed by atoms with Crippen molar-refractivity contribution in [1.29, 1.82) is 0 Å². The maximum absolute atomic E-state index is 12.1. The standard InChI is InChI=1S/C13H13NO2.C5H5N/c15-12-10-7-3-4-8-11(10)13(16)14(12)9-5-1-2-6-9;1-2-4-6-5-3-1/h3-4,7-9H,1-2,5-6H2;1-5H. The predicted molar refractivity (Wildman–Crippen MR) is 83.4 cm³/mol. The fraction of sp³-hybridized carbons (Fsp3) is 0.278. The van der Waals surface area contributed by atoms with Gasteiger partial charge >= 0.3 is 0 Å². The molecular formula is C18H18N2O2. The second kappa shape index (κ2) is 6.52. The molecule has 2 amide bonds. The molecule has 0 unspecified atom stereocenters. The molecule has 2 aliphatic rings. The first-order chi connectivity index (χ1) is 10.8. The highest BCUT2D eigenvalue weighted by molar-refractivity contribution is 6.21. The number of fused-ring (bicyclic) bond motifs is 1. The lowest BCUT2D eigenvalue weighted by Gasteiger charge is -2.21. The van der Waals surface area contributed by atoms with E-state index < -0.39 is 0 Å². The SMILES string of the molecule is O=C1c2ccccc2C(=O)N1C1CCCC1.c1ccncc1. The quantitative estimate of drug-likeness (QED) is 0.758. The van der Waals surface area contributed by atoms with Crippen molar-refractivity contribution in [2.45, 2.75) is 31.7 Å². The average Bonchev–Trinajstić information content (AvgIpc) is 3.18. The summed E-state index contributed by atoms with van der Waals surface area (Å²) in [4.78, 5) is 29.5. The third-order valence-electron chi connectivity index (χ3n) is 4.08. The van der Waals surface area contributed by atoms with Gasteiger partial charge in [0.05, 0.1) is 11.1 Å². The molecule has 0 atom stereocenters. The summed E-state index contributed by atoms with van der Waals surface area (Å²) in [6.07, 6.45) is 7.67. The van der Waals surface area contributed by atoms with Gasteiger partial charge in [-0.25, -0.2) is 0 Å². The van der Waals surface area contributed by atoms with E-state index in [0.29, 0.717) is 11.1 Å². The monoisotopic (exact) mass is 294 g/mol. The van der Waals surface area contributed by atoms with E-state index in [9.17, 15) is 9.59 Å². The van der Waals surface area contributed by atoms with Crippen LogP contribution in [-0.4, -0.2) is 27.7 Å². The van der Waals surface area contributed by atoms with Gasteiger partial charge in [-0.05, 0) is 37.1 Å². The summed E-state index contributed by atoms with van der Waals surface area (Å²) in [6.45, 7) is 0. The molecule has 2 heterocycles. The number of aromatic nitrogens is 1. The number of rotatable bonds is 1. The van der Waals surface area contributed by atoms with E-state index in [1.807, 2.05) is 30.3 Å². The molecule has 4 nitrogen and oxygen atoms in total. The Bertz CT molecular complexity index is 602. The Balaban J connectivity index is 0.000000202. The maximum Gasteiger partial charge on any atom is 0.261 e. The van der Waals surface area contributed by atoms with E-state index in [2.05, 4.69) is 4.98 Å². The van der Waals surface area contributed by atoms with Crippen LogP contribution in [-0.2, 0) is 0 Å².